The number of rotatable bonds is 7. The fourth-order valence-electron chi connectivity index (χ4n) is 3.34. The van der Waals surface area contributed by atoms with Crippen molar-refractivity contribution in [1.29, 1.82) is 0 Å². The van der Waals surface area contributed by atoms with Crippen LogP contribution in [0.2, 0.25) is 0 Å². The molecule has 7 heteroatoms. The minimum atomic E-state index is -1.02. The van der Waals surface area contributed by atoms with Gasteiger partial charge in [-0.15, -0.1) is 0 Å². The topological polar surface area (TPSA) is 93.8 Å². The Morgan fingerprint density at radius 2 is 2.11 bits per heavy atom. The molecule has 0 radical (unpaired) electrons. The van der Waals surface area contributed by atoms with Gasteiger partial charge in [0, 0.05) is 25.8 Å². The molecule has 0 spiro atoms. The first-order chi connectivity index (χ1) is 13.0. The highest BCUT2D eigenvalue weighted by molar-refractivity contribution is 6.48. The van der Waals surface area contributed by atoms with Crippen molar-refractivity contribution < 1.29 is 19.2 Å². The lowest BCUT2D eigenvalue weighted by atomic mass is 9.71. The summed E-state index contributed by atoms with van der Waals surface area (Å²) >= 11 is 0. The van der Waals surface area contributed by atoms with Crippen LogP contribution in [0.25, 0.3) is 0 Å². The Hall–Kier alpha value is -2.77. The van der Waals surface area contributed by atoms with Gasteiger partial charge < -0.3 is 25.5 Å². The van der Waals surface area contributed by atoms with Gasteiger partial charge in [-0.25, -0.2) is 4.79 Å². The van der Waals surface area contributed by atoms with Gasteiger partial charge in [-0.2, -0.15) is 0 Å². The molecule has 4 N–H and O–H groups in total. The smallest absolute Gasteiger partial charge is 0.534 e. The van der Waals surface area contributed by atoms with E-state index < -0.39 is 13.1 Å². The molecule has 1 atom stereocenters. The molecular formula is C20H23BN2O4. The number of hydrogen-bond donors (Lipinski definition) is 3. The zero-order valence-corrected chi connectivity index (χ0v) is 15.3. The Balaban J connectivity index is 1.73. The molecule has 2 aromatic carbocycles. The molecular weight excluding hydrogens is 343 g/mol. The number of benzene rings is 2. The van der Waals surface area contributed by atoms with Crippen molar-refractivity contribution >= 4 is 13.1 Å². The maximum absolute atomic E-state index is 11.4. The quantitative estimate of drug-likeness (QED) is 0.651. The van der Waals surface area contributed by atoms with Gasteiger partial charge in [0.1, 0.15) is 5.75 Å². The molecule has 2 aromatic rings. The third-order valence-corrected chi connectivity index (χ3v) is 4.60. The van der Waals surface area contributed by atoms with Gasteiger partial charge in [0.2, 0.25) is 0 Å². The van der Waals surface area contributed by atoms with Crippen LogP contribution in [0.3, 0.4) is 0 Å². The SMILES string of the molecule is C=C(Cc1cccc(CN)c1)NC1Cc2cccc(C(=O)O)c2OB1OC. The summed E-state index contributed by atoms with van der Waals surface area (Å²) in [6, 6.07) is 13.2. The third kappa shape index (κ3) is 4.32. The summed E-state index contributed by atoms with van der Waals surface area (Å²) in [4.78, 5) is 11.4. The largest absolute Gasteiger partial charge is 0.549 e. The first-order valence-electron chi connectivity index (χ1n) is 8.78. The van der Waals surface area contributed by atoms with Gasteiger partial charge in [-0.05, 0) is 29.2 Å². The molecule has 0 aromatic heterocycles. The van der Waals surface area contributed by atoms with Crippen molar-refractivity contribution in [3.05, 3.63) is 77.0 Å². The van der Waals surface area contributed by atoms with Crippen molar-refractivity contribution in [3.8, 4) is 5.75 Å². The highest BCUT2D eigenvalue weighted by Gasteiger charge is 2.38. The van der Waals surface area contributed by atoms with E-state index in [0.29, 0.717) is 25.1 Å². The fourth-order valence-corrected chi connectivity index (χ4v) is 3.34. The fraction of sp³-hybridized carbons (Fsp3) is 0.250. The average Bonchev–Trinajstić information content (AvgIpc) is 2.66. The van der Waals surface area contributed by atoms with Gasteiger partial charge in [-0.1, -0.05) is 43.0 Å². The van der Waals surface area contributed by atoms with E-state index in [1.165, 1.54) is 6.07 Å². The van der Waals surface area contributed by atoms with Crippen molar-refractivity contribution in [2.45, 2.75) is 25.3 Å². The summed E-state index contributed by atoms with van der Waals surface area (Å²) in [7, 11) is 0.936. The Morgan fingerprint density at radius 3 is 2.81 bits per heavy atom. The van der Waals surface area contributed by atoms with Crippen LogP contribution >= 0.6 is 0 Å². The predicted octanol–water partition coefficient (Wildman–Crippen LogP) is 2.17. The predicted molar refractivity (Wildman–Crippen MR) is 105 cm³/mol. The van der Waals surface area contributed by atoms with Gasteiger partial charge in [-0.3, -0.25) is 0 Å². The van der Waals surface area contributed by atoms with E-state index in [1.807, 2.05) is 24.3 Å². The van der Waals surface area contributed by atoms with Crippen LogP contribution in [0, 0.1) is 0 Å². The Bertz CT molecular complexity index is 856. The number of nitrogens with two attached hydrogens (primary N) is 1. The summed E-state index contributed by atoms with van der Waals surface area (Å²) in [5.41, 5.74) is 9.70. The number of fused-ring (bicyclic) bond motifs is 1. The summed E-state index contributed by atoms with van der Waals surface area (Å²) in [5.74, 6) is -0.815. The molecule has 27 heavy (non-hydrogen) atoms. The molecule has 0 amide bonds. The van der Waals surface area contributed by atoms with Crippen LogP contribution < -0.4 is 15.7 Å². The molecule has 1 heterocycles. The number of carboxylic acid groups (broad SMARTS) is 1. The molecule has 1 unspecified atom stereocenters. The number of aromatic carboxylic acids is 1. The van der Waals surface area contributed by atoms with Crippen LogP contribution in [0.15, 0.2) is 54.7 Å². The van der Waals surface area contributed by atoms with E-state index in [0.717, 1.165) is 22.4 Å². The number of allylic oxidation sites excluding steroid dienone is 1. The lowest BCUT2D eigenvalue weighted by Crippen LogP contribution is -2.52. The number of hydrogen-bond acceptors (Lipinski definition) is 5. The van der Waals surface area contributed by atoms with Crippen molar-refractivity contribution in [2.24, 2.45) is 5.73 Å². The van der Waals surface area contributed by atoms with Gasteiger partial charge in [0.05, 0.1) is 11.5 Å². The summed E-state index contributed by atoms with van der Waals surface area (Å²) in [6.45, 7) is 4.62. The second-order valence-corrected chi connectivity index (χ2v) is 6.58. The molecule has 0 bridgehead atoms. The highest BCUT2D eigenvalue weighted by Crippen LogP contribution is 2.31. The normalized spacial score (nSPS) is 15.6. The average molecular weight is 366 g/mol. The molecule has 1 aliphatic heterocycles. The zero-order valence-electron chi connectivity index (χ0n) is 15.3. The number of carbonyl (C=O) groups is 1. The van der Waals surface area contributed by atoms with Crippen LogP contribution in [0.1, 0.15) is 27.0 Å². The van der Waals surface area contributed by atoms with Crippen LogP contribution in [-0.4, -0.2) is 31.2 Å². The molecule has 0 fully saturated rings. The minimum absolute atomic E-state index is 0.144. The van der Waals surface area contributed by atoms with E-state index in [-0.39, 0.29) is 11.5 Å². The minimum Gasteiger partial charge on any atom is -0.534 e. The number of nitrogens with one attached hydrogen (secondary N) is 1. The summed E-state index contributed by atoms with van der Waals surface area (Å²) < 4.78 is 11.3. The Morgan fingerprint density at radius 1 is 1.37 bits per heavy atom. The van der Waals surface area contributed by atoms with E-state index in [9.17, 15) is 9.90 Å². The first-order valence-corrected chi connectivity index (χ1v) is 8.78. The van der Waals surface area contributed by atoms with Gasteiger partial charge in [0.15, 0.2) is 0 Å². The molecule has 0 saturated carbocycles. The third-order valence-electron chi connectivity index (χ3n) is 4.60. The summed E-state index contributed by atoms with van der Waals surface area (Å²) in [6.07, 6.45) is 1.24. The standard InChI is InChI=1S/C20H23BN2O4/c1-13(9-14-5-3-6-15(10-14)12-22)23-18-11-16-7-4-8-17(20(24)25)19(16)27-21(18)26-2/h3-8,10,18,23H,1,9,11-12,22H2,2H3,(H,24,25). The molecule has 6 nitrogen and oxygen atoms in total. The van der Waals surface area contributed by atoms with Crippen LogP contribution in [0.4, 0.5) is 0 Å². The van der Waals surface area contributed by atoms with Crippen molar-refractivity contribution in [2.75, 3.05) is 7.11 Å². The number of para-hydroxylation sites is 1. The maximum atomic E-state index is 11.4. The van der Waals surface area contributed by atoms with Gasteiger partial charge >= 0.3 is 13.1 Å². The molecule has 1 aliphatic rings. The van der Waals surface area contributed by atoms with E-state index in [2.05, 4.69) is 18.0 Å². The molecule has 3 rings (SSSR count). The van der Waals surface area contributed by atoms with Crippen molar-refractivity contribution in [3.63, 3.8) is 0 Å². The van der Waals surface area contributed by atoms with E-state index in [1.54, 1.807) is 13.2 Å². The first kappa shape index (κ1) is 19.0. The Kier molecular flexibility index (Phi) is 5.83. The number of carboxylic acids is 1. The second-order valence-electron chi connectivity index (χ2n) is 6.58. The van der Waals surface area contributed by atoms with E-state index >= 15 is 0 Å². The monoisotopic (exact) mass is 366 g/mol. The van der Waals surface area contributed by atoms with Crippen LogP contribution in [0.5, 0.6) is 5.75 Å². The molecule has 0 saturated heterocycles. The second kappa shape index (κ2) is 8.29. The Labute approximate surface area is 159 Å². The van der Waals surface area contributed by atoms with Crippen molar-refractivity contribution in [1.82, 2.24) is 5.32 Å². The highest BCUT2D eigenvalue weighted by atomic mass is 16.6. The lowest BCUT2D eigenvalue weighted by molar-refractivity contribution is 0.0694. The molecule has 140 valence electrons. The van der Waals surface area contributed by atoms with E-state index in [4.69, 9.17) is 15.0 Å². The maximum Gasteiger partial charge on any atom is 0.549 e. The zero-order chi connectivity index (χ0) is 19.4. The molecule has 0 aliphatic carbocycles. The van der Waals surface area contributed by atoms with Crippen LogP contribution in [-0.2, 0) is 24.0 Å². The summed E-state index contributed by atoms with van der Waals surface area (Å²) in [5, 5.41) is 12.7. The van der Waals surface area contributed by atoms with Gasteiger partial charge in [0.25, 0.3) is 0 Å². The lowest BCUT2D eigenvalue weighted by Gasteiger charge is -2.31.